The number of nitrogens with zero attached hydrogens (tertiary/aromatic N) is 3. The van der Waals surface area contributed by atoms with Crippen molar-refractivity contribution in [3.8, 4) is 0 Å². The van der Waals surface area contributed by atoms with Crippen LogP contribution < -0.4 is 0 Å². The van der Waals surface area contributed by atoms with Crippen LogP contribution in [0.2, 0.25) is 0 Å². The summed E-state index contributed by atoms with van der Waals surface area (Å²) in [5.74, 6) is -0.929. The lowest BCUT2D eigenvalue weighted by atomic mass is 9.98. The van der Waals surface area contributed by atoms with Gasteiger partial charge in [-0.25, -0.2) is 8.42 Å². The number of esters is 1. The summed E-state index contributed by atoms with van der Waals surface area (Å²) in [5.41, 5.74) is 0.863. The highest BCUT2D eigenvalue weighted by atomic mass is 32.2. The summed E-state index contributed by atoms with van der Waals surface area (Å²) in [6, 6.07) is 6.67. The fourth-order valence-corrected chi connectivity index (χ4v) is 5.91. The highest BCUT2D eigenvalue weighted by molar-refractivity contribution is 7.89. The Bertz CT molecular complexity index is 973. The molecule has 1 atom stereocenters. The van der Waals surface area contributed by atoms with E-state index in [0.29, 0.717) is 45.6 Å². The second-order valence-electron chi connectivity index (χ2n) is 8.94. The number of piperidine rings is 1. The molecule has 2 heterocycles. The third-order valence-electron chi connectivity index (χ3n) is 6.45. The highest BCUT2D eigenvalue weighted by Crippen LogP contribution is 2.22. The number of aryl methyl sites for hydroxylation is 1. The Kier molecular flexibility index (Phi) is 9.07. The van der Waals surface area contributed by atoms with Crippen LogP contribution in [0, 0.1) is 5.92 Å². The van der Waals surface area contributed by atoms with Gasteiger partial charge in [-0.3, -0.25) is 14.4 Å². The first-order valence-electron chi connectivity index (χ1n) is 12.0. The molecule has 0 saturated carbocycles. The summed E-state index contributed by atoms with van der Waals surface area (Å²) in [5, 5.41) is 0. The molecule has 2 aliphatic heterocycles. The average molecular weight is 494 g/mol. The molecule has 0 radical (unpaired) electrons. The standard InChI is InChI=1S/C24H35N3O6S/c1-3-33-24(30)20-7-6-14-26(17-20)23(29)18-25(2)22(28)13-10-19-8-11-21(12-9-19)34(31,32)27-15-4-5-16-27/h8-9,11-12,20H,3-7,10,13-18H2,1-2H3. The summed E-state index contributed by atoms with van der Waals surface area (Å²) in [6.45, 7) is 4.05. The van der Waals surface area contributed by atoms with Gasteiger partial charge in [-0.2, -0.15) is 4.31 Å². The van der Waals surface area contributed by atoms with Gasteiger partial charge in [0.15, 0.2) is 0 Å². The van der Waals surface area contributed by atoms with Crippen LogP contribution in [0.15, 0.2) is 29.2 Å². The van der Waals surface area contributed by atoms with Crippen molar-refractivity contribution in [1.82, 2.24) is 14.1 Å². The SMILES string of the molecule is CCOC(=O)C1CCCN(C(=O)CN(C)C(=O)CCc2ccc(S(=O)(=O)N3CCCC3)cc2)C1. The molecule has 3 rings (SSSR count). The lowest BCUT2D eigenvalue weighted by Gasteiger charge is -2.32. The number of hydrogen-bond donors (Lipinski definition) is 0. The number of rotatable bonds is 9. The lowest BCUT2D eigenvalue weighted by molar-refractivity contribution is -0.152. The monoisotopic (exact) mass is 493 g/mol. The van der Waals surface area contributed by atoms with E-state index in [9.17, 15) is 22.8 Å². The van der Waals surface area contributed by atoms with Gasteiger partial charge in [0.05, 0.1) is 24.0 Å². The van der Waals surface area contributed by atoms with Crippen molar-refractivity contribution in [2.24, 2.45) is 5.92 Å². The fraction of sp³-hybridized carbons (Fsp3) is 0.625. The minimum Gasteiger partial charge on any atom is -0.466 e. The minimum absolute atomic E-state index is 0.0403. The van der Waals surface area contributed by atoms with Crippen LogP contribution in [0.4, 0.5) is 0 Å². The molecule has 34 heavy (non-hydrogen) atoms. The Balaban J connectivity index is 1.47. The first-order chi connectivity index (χ1) is 16.2. The van der Waals surface area contributed by atoms with Crippen molar-refractivity contribution in [2.45, 2.75) is 50.3 Å². The molecule has 0 aliphatic carbocycles. The van der Waals surface area contributed by atoms with Gasteiger partial charge in [-0.05, 0) is 56.7 Å². The van der Waals surface area contributed by atoms with Crippen molar-refractivity contribution in [2.75, 3.05) is 46.4 Å². The third-order valence-corrected chi connectivity index (χ3v) is 8.36. The van der Waals surface area contributed by atoms with E-state index in [2.05, 4.69) is 0 Å². The topological polar surface area (TPSA) is 104 Å². The van der Waals surface area contributed by atoms with E-state index < -0.39 is 10.0 Å². The number of amides is 2. The number of hydrogen-bond acceptors (Lipinski definition) is 6. The maximum Gasteiger partial charge on any atom is 0.310 e. The zero-order valence-electron chi connectivity index (χ0n) is 20.1. The lowest BCUT2D eigenvalue weighted by Crippen LogP contribution is -2.47. The highest BCUT2D eigenvalue weighted by Gasteiger charge is 2.30. The zero-order chi connectivity index (χ0) is 24.7. The van der Waals surface area contributed by atoms with Gasteiger partial charge in [0.1, 0.15) is 0 Å². The molecule has 1 aromatic rings. The van der Waals surface area contributed by atoms with Crippen molar-refractivity contribution < 1.29 is 27.5 Å². The Labute approximate surface area is 202 Å². The second-order valence-corrected chi connectivity index (χ2v) is 10.9. The van der Waals surface area contributed by atoms with E-state index in [1.165, 1.54) is 9.21 Å². The molecule has 2 fully saturated rings. The minimum atomic E-state index is -3.45. The van der Waals surface area contributed by atoms with Crippen LogP contribution >= 0.6 is 0 Å². The van der Waals surface area contributed by atoms with Crippen molar-refractivity contribution in [3.05, 3.63) is 29.8 Å². The van der Waals surface area contributed by atoms with E-state index in [1.54, 1.807) is 43.1 Å². The Morgan fingerprint density at radius 1 is 1.06 bits per heavy atom. The molecule has 0 bridgehead atoms. The van der Waals surface area contributed by atoms with Gasteiger partial charge in [-0.1, -0.05) is 12.1 Å². The molecule has 2 amide bonds. The molecular formula is C24H35N3O6S. The number of sulfonamides is 1. The molecule has 9 nitrogen and oxygen atoms in total. The molecule has 10 heteroatoms. The van der Waals surface area contributed by atoms with Gasteiger partial charge < -0.3 is 14.5 Å². The van der Waals surface area contributed by atoms with E-state index in [-0.39, 0.29) is 41.6 Å². The first-order valence-corrected chi connectivity index (χ1v) is 13.4. The summed E-state index contributed by atoms with van der Waals surface area (Å²) in [7, 11) is -1.85. The van der Waals surface area contributed by atoms with E-state index >= 15 is 0 Å². The molecule has 2 saturated heterocycles. The van der Waals surface area contributed by atoms with Gasteiger partial charge in [0.25, 0.3) is 0 Å². The summed E-state index contributed by atoms with van der Waals surface area (Å²) in [4.78, 5) is 40.6. The number of ether oxygens (including phenoxy) is 1. The Morgan fingerprint density at radius 2 is 1.74 bits per heavy atom. The fourth-order valence-electron chi connectivity index (χ4n) is 4.39. The molecule has 1 unspecified atom stereocenters. The summed E-state index contributed by atoms with van der Waals surface area (Å²) >= 11 is 0. The van der Waals surface area contributed by atoms with Gasteiger partial charge in [-0.15, -0.1) is 0 Å². The molecule has 188 valence electrons. The maximum atomic E-state index is 12.7. The summed E-state index contributed by atoms with van der Waals surface area (Å²) < 4.78 is 31.8. The van der Waals surface area contributed by atoms with E-state index in [1.807, 2.05) is 0 Å². The second kappa shape index (κ2) is 11.8. The van der Waals surface area contributed by atoms with Crippen LogP contribution in [0.1, 0.15) is 44.6 Å². The Hall–Kier alpha value is -2.46. The van der Waals surface area contributed by atoms with E-state index in [4.69, 9.17) is 4.74 Å². The number of likely N-dealkylation sites (N-methyl/N-ethyl adjacent to an activating group) is 1. The first kappa shape index (κ1) is 26.2. The van der Waals surface area contributed by atoms with Crippen molar-refractivity contribution in [3.63, 3.8) is 0 Å². The average Bonchev–Trinajstić information content (AvgIpc) is 3.39. The molecule has 2 aliphatic rings. The van der Waals surface area contributed by atoms with Gasteiger partial charge in [0.2, 0.25) is 21.8 Å². The normalized spacial score (nSPS) is 19.1. The largest absolute Gasteiger partial charge is 0.466 e. The molecule has 0 N–H and O–H groups in total. The summed E-state index contributed by atoms with van der Waals surface area (Å²) in [6.07, 6.45) is 3.88. The molecule has 0 spiro atoms. The quantitative estimate of drug-likeness (QED) is 0.485. The zero-order valence-corrected chi connectivity index (χ0v) is 20.9. The van der Waals surface area contributed by atoms with Gasteiger partial charge in [0, 0.05) is 39.6 Å². The Morgan fingerprint density at radius 3 is 2.38 bits per heavy atom. The van der Waals surface area contributed by atoms with Crippen molar-refractivity contribution in [1.29, 1.82) is 0 Å². The van der Waals surface area contributed by atoms with Crippen LogP contribution in [0.5, 0.6) is 0 Å². The van der Waals surface area contributed by atoms with Crippen LogP contribution in [-0.2, 0) is 35.6 Å². The molecular weight excluding hydrogens is 458 g/mol. The van der Waals surface area contributed by atoms with Crippen LogP contribution in [0.3, 0.4) is 0 Å². The maximum absolute atomic E-state index is 12.7. The number of likely N-dealkylation sites (tertiary alicyclic amines) is 1. The number of carbonyl (C=O) groups is 3. The van der Waals surface area contributed by atoms with Gasteiger partial charge >= 0.3 is 5.97 Å². The predicted molar refractivity (Wildman–Crippen MR) is 126 cm³/mol. The van der Waals surface area contributed by atoms with Crippen molar-refractivity contribution >= 4 is 27.8 Å². The third kappa shape index (κ3) is 6.56. The predicted octanol–water partition coefficient (Wildman–Crippen LogP) is 1.66. The van der Waals surface area contributed by atoms with E-state index in [0.717, 1.165) is 24.8 Å². The van der Waals surface area contributed by atoms with Crippen LogP contribution in [-0.4, -0.2) is 86.7 Å². The molecule has 0 aromatic heterocycles. The van der Waals surface area contributed by atoms with Crippen LogP contribution in [0.25, 0.3) is 0 Å². The number of benzene rings is 1. The molecule has 1 aromatic carbocycles. The number of carbonyl (C=O) groups excluding carboxylic acids is 3. The smallest absolute Gasteiger partial charge is 0.310 e.